The lowest BCUT2D eigenvalue weighted by Crippen LogP contribution is -2.43. The predicted molar refractivity (Wildman–Crippen MR) is 128 cm³/mol. The molecule has 2 heterocycles. The van der Waals surface area contributed by atoms with E-state index in [1.165, 1.54) is 35.1 Å². The Morgan fingerprint density at radius 1 is 1.12 bits per heavy atom. The highest BCUT2D eigenvalue weighted by molar-refractivity contribution is 6.67. The Morgan fingerprint density at radius 3 is 2.53 bits per heavy atom. The second kappa shape index (κ2) is 9.67. The normalized spacial score (nSPS) is 21.1. The molecule has 0 N–H and O–H groups in total. The Morgan fingerprint density at radius 2 is 1.85 bits per heavy atom. The summed E-state index contributed by atoms with van der Waals surface area (Å²) >= 11 is 0. The predicted octanol–water partition coefficient (Wildman–Crippen LogP) is 1.97. The van der Waals surface area contributed by atoms with E-state index < -0.39 is 29.5 Å². The number of anilines is 1. The molecule has 8 heteroatoms. The number of cyclic esters (lactones) is 1. The average molecular weight is 464 g/mol. The summed E-state index contributed by atoms with van der Waals surface area (Å²) in [5.74, 6) is -4.33. The van der Waals surface area contributed by atoms with E-state index in [2.05, 4.69) is 47.2 Å². The van der Waals surface area contributed by atoms with E-state index in [-0.39, 0.29) is 0 Å². The number of hydrogen-bond donors (Lipinski definition) is 0. The van der Waals surface area contributed by atoms with Gasteiger partial charge in [0.2, 0.25) is 6.10 Å². The SMILES string of the molecule is CN1C=CC2=C(CCC/C2=C\c2ccc(N(C)CCN(C)C(=O)C3OC(=O)C(=O)C3=O)cc2)C1. The van der Waals surface area contributed by atoms with E-state index in [0.29, 0.717) is 13.1 Å². The first-order valence-corrected chi connectivity index (χ1v) is 11.4. The first-order valence-electron chi connectivity index (χ1n) is 11.4. The highest BCUT2D eigenvalue weighted by Crippen LogP contribution is 2.34. The first kappa shape index (κ1) is 23.5. The number of nitrogens with zero attached hydrogens (tertiary/aromatic N) is 3. The van der Waals surface area contributed by atoms with Gasteiger partial charge in [-0.1, -0.05) is 18.2 Å². The summed E-state index contributed by atoms with van der Waals surface area (Å²) in [6.45, 7) is 1.80. The van der Waals surface area contributed by atoms with Crippen LogP contribution in [0, 0.1) is 0 Å². The van der Waals surface area contributed by atoms with Crippen LogP contribution in [0.25, 0.3) is 6.08 Å². The van der Waals surface area contributed by atoms with Crippen LogP contribution in [-0.2, 0) is 23.9 Å². The minimum Gasteiger partial charge on any atom is -0.437 e. The largest absolute Gasteiger partial charge is 0.437 e. The zero-order chi connectivity index (χ0) is 24.4. The molecular weight excluding hydrogens is 434 g/mol. The number of ether oxygens (including phenoxy) is 1. The summed E-state index contributed by atoms with van der Waals surface area (Å²) in [6.07, 6.45) is 8.40. The van der Waals surface area contributed by atoms with Crippen LogP contribution in [-0.4, -0.2) is 80.1 Å². The quantitative estimate of drug-likeness (QED) is 0.362. The molecule has 8 nitrogen and oxygen atoms in total. The maximum atomic E-state index is 12.4. The molecular formula is C26H29N3O5. The van der Waals surface area contributed by atoms with Gasteiger partial charge in [-0.3, -0.25) is 14.4 Å². The fraction of sp³-hybridized carbons (Fsp3) is 0.385. The summed E-state index contributed by atoms with van der Waals surface area (Å²) < 4.78 is 4.62. The smallest absolute Gasteiger partial charge is 0.384 e. The van der Waals surface area contributed by atoms with Crippen molar-refractivity contribution in [2.24, 2.45) is 0 Å². The van der Waals surface area contributed by atoms with E-state index in [1.54, 1.807) is 0 Å². The number of benzene rings is 1. The molecule has 2 aliphatic heterocycles. The number of ketones is 2. The number of carbonyl (C=O) groups excluding carboxylic acids is 4. The molecule has 3 aliphatic rings. The van der Waals surface area contributed by atoms with Crippen LogP contribution in [0.1, 0.15) is 24.8 Å². The van der Waals surface area contributed by atoms with Gasteiger partial charge in [0.05, 0.1) is 0 Å². The molecule has 0 radical (unpaired) electrons. The Labute approximate surface area is 199 Å². The Balaban J connectivity index is 1.35. The fourth-order valence-corrected chi connectivity index (χ4v) is 4.45. The van der Waals surface area contributed by atoms with Gasteiger partial charge in [0.25, 0.3) is 11.7 Å². The molecule has 0 aromatic heterocycles. The lowest BCUT2D eigenvalue weighted by molar-refractivity contribution is -0.155. The molecule has 1 unspecified atom stereocenters. The number of allylic oxidation sites excluding steroid dienone is 3. The van der Waals surface area contributed by atoms with Gasteiger partial charge >= 0.3 is 11.8 Å². The van der Waals surface area contributed by atoms with E-state index >= 15 is 0 Å². The lowest BCUT2D eigenvalue weighted by atomic mass is 9.85. The Hall–Kier alpha value is -3.68. The summed E-state index contributed by atoms with van der Waals surface area (Å²) in [5.41, 5.74) is 6.41. The third kappa shape index (κ3) is 4.81. The molecule has 1 fully saturated rings. The van der Waals surface area contributed by atoms with Gasteiger partial charge in [-0.2, -0.15) is 0 Å². The summed E-state index contributed by atoms with van der Waals surface area (Å²) in [6, 6.07) is 8.25. The molecule has 4 rings (SSSR count). The highest BCUT2D eigenvalue weighted by atomic mass is 16.6. The number of likely N-dealkylation sites (N-methyl/N-ethyl adjacent to an activating group) is 3. The minimum atomic E-state index is -1.66. The number of carbonyl (C=O) groups is 4. The Bertz CT molecular complexity index is 1120. The van der Waals surface area contributed by atoms with E-state index in [1.807, 2.05) is 24.1 Å². The zero-order valence-corrected chi connectivity index (χ0v) is 19.7. The topological polar surface area (TPSA) is 87.2 Å². The number of hydrogen-bond acceptors (Lipinski definition) is 7. The second-order valence-electron chi connectivity index (χ2n) is 9.02. The Kier molecular flexibility index (Phi) is 6.68. The van der Waals surface area contributed by atoms with Crippen molar-refractivity contribution in [2.75, 3.05) is 45.7 Å². The maximum Gasteiger partial charge on any atom is 0.384 e. The monoisotopic (exact) mass is 463 g/mol. The van der Waals surface area contributed by atoms with E-state index in [0.717, 1.165) is 30.6 Å². The summed E-state index contributed by atoms with van der Waals surface area (Å²) in [7, 11) is 5.53. The van der Waals surface area contributed by atoms with Gasteiger partial charge in [0.15, 0.2) is 0 Å². The van der Waals surface area contributed by atoms with Gasteiger partial charge in [-0.05, 0) is 66.0 Å². The molecule has 1 aromatic carbocycles. The molecule has 34 heavy (non-hydrogen) atoms. The van der Waals surface area contributed by atoms with Crippen molar-refractivity contribution >= 4 is 35.2 Å². The first-order chi connectivity index (χ1) is 16.2. The second-order valence-corrected chi connectivity index (χ2v) is 9.02. The van der Waals surface area contributed by atoms with Gasteiger partial charge in [-0.15, -0.1) is 0 Å². The minimum absolute atomic E-state index is 0.300. The molecule has 1 saturated heterocycles. The van der Waals surface area contributed by atoms with Gasteiger partial charge < -0.3 is 19.4 Å². The summed E-state index contributed by atoms with van der Waals surface area (Å²) in [5, 5.41) is 0. The molecule has 1 aromatic rings. The van der Waals surface area contributed by atoms with Crippen molar-refractivity contribution in [1.82, 2.24) is 9.80 Å². The van der Waals surface area contributed by atoms with Crippen molar-refractivity contribution < 1.29 is 23.9 Å². The molecule has 1 atom stereocenters. The van der Waals surface area contributed by atoms with Crippen LogP contribution in [0.15, 0.2) is 53.3 Å². The van der Waals surface area contributed by atoms with Crippen LogP contribution in [0.5, 0.6) is 0 Å². The van der Waals surface area contributed by atoms with Gasteiger partial charge in [-0.25, -0.2) is 4.79 Å². The molecule has 0 bridgehead atoms. The van der Waals surface area contributed by atoms with Crippen LogP contribution in [0.4, 0.5) is 5.69 Å². The maximum absolute atomic E-state index is 12.4. The van der Waals surface area contributed by atoms with Crippen molar-refractivity contribution in [2.45, 2.75) is 25.4 Å². The van der Waals surface area contributed by atoms with Crippen molar-refractivity contribution in [3.8, 4) is 0 Å². The van der Waals surface area contributed by atoms with Gasteiger partial charge in [0, 0.05) is 46.5 Å². The fourth-order valence-electron chi connectivity index (χ4n) is 4.45. The number of Topliss-reactive ketones (excluding diaryl/α,β-unsaturated/α-hetero) is 2. The summed E-state index contributed by atoms with van der Waals surface area (Å²) in [4.78, 5) is 52.2. The molecule has 178 valence electrons. The lowest BCUT2D eigenvalue weighted by Gasteiger charge is -2.29. The van der Waals surface area contributed by atoms with Crippen LogP contribution in [0.2, 0.25) is 0 Å². The van der Waals surface area contributed by atoms with E-state index in [4.69, 9.17) is 0 Å². The highest BCUT2D eigenvalue weighted by Gasteiger charge is 2.47. The number of esters is 1. The van der Waals surface area contributed by atoms with Gasteiger partial charge in [0.1, 0.15) is 0 Å². The average Bonchev–Trinajstić information content (AvgIpc) is 3.09. The van der Waals surface area contributed by atoms with Crippen LogP contribution < -0.4 is 4.90 Å². The van der Waals surface area contributed by atoms with Crippen molar-refractivity contribution in [3.63, 3.8) is 0 Å². The van der Waals surface area contributed by atoms with Crippen molar-refractivity contribution in [3.05, 3.63) is 58.8 Å². The van der Waals surface area contributed by atoms with Crippen molar-refractivity contribution in [1.29, 1.82) is 0 Å². The molecule has 0 spiro atoms. The zero-order valence-electron chi connectivity index (χ0n) is 19.7. The third-order valence-electron chi connectivity index (χ3n) is 6.51. The number of amides is 1. The van der Waals surface area contributed by atoms with Crippen LogP contribution in [0.3, 0.4) is 0 Å². The molecule has 0 saturated carbocycles. The molecule has 1 amide bonds. The number of rotatable bonds is 6. The van der Waals surface area contributed by atoms with E-state index in [9.17, 15) is 19.2 Å². The standard InChI is InChI=1S/C26H29N3O5/c1-27-12-11-21-18(5-4-6-19(21)16-27)15-17-7-9-20(10-8-17)28(2)13-14-29(3)25(32)24-22(30)23(31)26(33)34-24/h7-12,15,24H,4-6,13-14,16H2,1-3H3/b18-15+. The van der Waals surface area contributed by atoms with Crippen LogP contribution >= 0.6 is 0 Å². The molecule has 1 aliphatic carbocycles. The third-order valence-corrected chi connectivity index (χ3v) is 6.51.